The Morgan fingerprint density at radius 3 is 2.54 bits per heavy atom. The van der Waals surface area contributed by atoms with Crippen LogP contribution in [0.1, 0.15) is 25.7 Å². The summed E-state index contributed by atoms with van der Waals surface area (Å²) in [5, 5.41) is 13.7. The quantitative estimate of drug-likeness (QED) is 0.824. The first kappa shape index (κ1) is 17.2. The average molecular weight is 336 g/mol. The zero-order valence-electron chi connectivity index (χ0n) is 14.0. The molecule has 0 bridgehead atoms. The van der Waals surface area contributed by atoms with Crippen molar-refractivity contribution in [2.45, 2.75) is 43.9 Å². The summed E-state index contributed by atoms with van der Waals surface area (Å²) in [6.45, 7) is 1.77. The highest BCUT2D eigenvalue weighted by Gasteiger charge is 2.41. The zero-order valence-corrected chi connectivity index (χ0v) is 14.0. The molecule has 0 radical (unpaired) electrons. The van der Waals surface area contributed by atoms with Crippen LogP contribution in [-0.4, -0.2) is 54.4 Å². The molecule has 0 aromatic heterocycles. The number of likely N-dealkylation sites (tertiary alicyclic amines) is 1. The molecule has 132 valence electrons. The number of carbonyl (C=O) groups excluding carboxylic acids is 1. The lowest BCUT2D eigenvalue weighted by Crippen LogP contribution is -2.47. The molecule has 1 aliphatic carbocycles. The van der Waals surface area contributed by atoms with Crippen molar-refractivity contribution in [3.8, 4) is 0 Å². The van der Waals surface area contributed by atoms with E-state index < -0.39 is 6.10 Å². The van der Waals surface area contributed by atoms with Gasteiger partial charge in [0.25, 0.3) is 0 Å². The van der Waals surface area contributed by atoms with Gasteiger partial charge in [0.1, 0.15) is 5.82 Å². The summed E-state index contributed by atoms with van der Waals surface area (Å²) < 4.78 is 17.8. The van der Waals surface area contributed by atoms with Crippen LogP contribution in [0.3, 0.4) is 0 Å². The van der Waals surface area contributed by atoms with Crippen LogP contribution in [0.5, 0.6) is 0 Å². The highest BCUT2D eigenvalue weighted by Crippen LogP contribution is 2.32. The number of piperidine rings is 1. The number of hydrogen-bond donors (Lipinski definition) is 2. The van der Waals surface area contributed by atoms with Gasteiger partial charge in [-0.15, -0.1) is 0 Å². The van der Waals surface area contributed by atoms with E-state index in [2.05, 4.69) is 10.2 Å². The number of benzene rings is 1. The van der Waals surface area contributed by atoms with Crippen molar-refractivity contribution in [2.24, 2.45) is 5.92 Å². The van der Waals surface area contributed by atoms with Crippen LogP contribution in [-0.2, 0) is 9.53 Å². The van der Waals surface area contributed by atoms with Gasteiger partial charge in [-0.3, -0.25) is 9.69 Å². The smallest absolute Gasteiger partial charge is 0.308 e. The normalized spacial score (nSPS) is 28.7. The average Bonchev–Trinajstić information content (AvgIpc) is 2.99. The number of nitrogens with zero attached hydrogens (tertiary/aromatic N) is 1. The van der Waals surface area contributed by atoms with Gasteiger partial charge in [0.15, 0.2) is 0 Å². The van der Waals surface area contributed by atoms with Crippen molar-refractivity contribution in [1.29, 1.82) is 0 Å². The summed E-state index contributed by atoms with van der Waals surface area (Å²) in [6, 6.07) is 6.81. The van der Waals surface area contributed by atoms with E-state index in [0.717, 1.165) is 31.6 Å². The molecule has 6 heteroatoms. The summed E-state index contributed by atoms with van der Waals surface area (Å²) in [5.74, 6) is -0.639. The predicted molar refractivity (Wildman–Crippen MR) is 89.2 cm³/mol. The number of esters is 1. The Bertz CT molecular complexity index is 558. The fraction of sp³-hybridized carbons (Fsp3) is 0.611. The molecule has 1 saturated heterocycles. The van der Waals surface area contributed by atoms with Crippen molar-refractivity contribution in [3.63, 3.8) is 0 Å². The first-order valence-corrected chi connectivity index (χ1v) is 8.59. The van der Waals surface area contributed by atoms with Crippen LogP contribution in [0.2, 0.25) is 0 Å². The molecular weight excluding hydrogens is 311 g/mol. The molecule has 2 fully saturated rings. The van der Waals surface area contributed by atoms with Crippen LogP contribution in [0.4, 0.5) is 10.1 Å². The van der Waals surface area contributed by atoms with E-state index >= 15 is 0 Å². The lowest BCUT2D eigenvalue weighted by Gasteiger charge is -2.37. The molecule has 0 spiro atoms. The lowest BCUT2D eigenvalue weighted by molar-refractivity contribution is -0.145. The molecule has 1 saturated carbocycles. The Hall–Kier alpha value is -1.66. The van der Waals surface area contributed by atoms with E-state index in [9.17, 15) is 14.3 Å². The van der Waals surface area contributed by atoms with Crippen LogP contribution in [0, 0.1) is 11.7 Å². The van der Waals surface area contributed by atoms with Gasteiger partial charge in [0.2, 0.25) is 0 Å². The summed E-state index contributed by atoms with van der Waals surface area (Å²) in [5.41, 5.74) is 0.932. The van der Waals surface area contributed by atoms with Crippen LogP contribution in [0.15, 0.2) is 24.3 Å². The minimum atomic E-state index is -0.462. The first-order chi connectivity index (χ1) is 11.6. The molecule has 1 aromatic rings. The molecule has 0 amide bonds. The molecule has 2 aliphatic rings. The lowest BCUT2D eigenvalue weighted by atomic mass is 10.0. The second kappa shape index (κ2) is 7.49. The van der Waals surface area contributed by atoms with Crippen LogP contribution >= 0.6 is 0 Å². The van der Waals surface area contributed by atoms with E-state index in [4.69, 9.17) is 4.74 Å². The van der Waals surface area contributed by atoms with Gasteiger partial charge < -0.3 is 15.2 Å². The van der Waals surface area contributed by atoms with Gasteiger partial charge in [-0.05, 0) is 49.9 Å². The summed E-state index contributed by atoms with van der Waals surface area (Å²) in [6.07, 6.45) is 2.62. The fourth-order valence-electron chi connectivity index (χ4n) is 3.90. The van der Waals surface area contributed by atoms with Gasteiger partial charge in [-0.1, -0.05) is 0 Å². The third kappa shape index (κ3) is 3.87. The fourth-order valence-corrected chi connectivity index (χ4v) is 3.90. The number of methoxy groups -OCH3 is 1. The molecular formula is C18H25FN2O3. The van der Waals surface area contributed by atoms with Gasteiger partial charge in [-0.2, -0.15) is 0 Å². The highest BCUT2D eigenvalue weighted by atomic mass is 19.1. The summed E-state index contributed by atoms with van der Waals surface area (Å²) in [7, 11) is 1.40. The number of hydrogen-bond acceptors (Lipinski definition) is 5. The molecule has 1 aliphatic heterocycles. The van der Waals surface area contributed by atoms with Crippen molar-refractivity contribution in [2.75, 3.05) is 25.5 Å². The molecule has 24 heavy (non-hydrogen) atoms. The number of aliphatic hydroxyl groups is 1. The van der Waals surface area contributed by atoms with Crippen molar-refractivity contribution in [1.82, 2.24) is 4.90 Å². The van der Waals surface area contributed by atoms with Gasteiger partial charge in [0.05, 0.1) is 19.1 Å². The predicted octanol–water partition coefficient (Wildman–Crippen LogP) is 2.01. The minimum Gasteiger partial charge on any atom is -0.469 e. The second-order valence-electron chi connectivity index (χ2n) is 6.79. The van der Waals surface area contributed by atoms with Crippen molar-refractivity contribution in [3.05, 3.63) is 30.1 Å². The Morgan fingerprint density at radius 1 is 1.25 bits per heavy atom. The standard InChI is InChI=1S/C18H25FN2O3/c1-24-18(23)12-10-16(17(22)11-12)21-8-6-15(7-9-21)20-14-4-2-13(19)3-5-14/h2-5,12,15-17,20,22H,6-11H2,1H3/t12-,16-,17-/m0/s1. The van der Waals surface area contributed by atoms with Crippen molar-refractivity contribution < 1.29 is 19.0 Å². The number of nitrogens with one attached hydrogen (secondary N) is 1. The third-order valence-electron chi connectivity index (χ3n) is 5.24. The maximum Gasteiger partial charge on any atom is 0.308 e. The first-order valence-electron chi connectivity index (χ1n) is 8.59. The zero-order chi connectivity index (χ0) is 17.1. The minimum absolute atomic E-state index is 0.0425. The van der Waals surface area contributed by atoms with E-state index in [0.29, 0.717) is 18.9 Å². The van der Waals surface area contributed by atoms with Gasteiger partial charge in [0, 0.05) is 30.9 Å². The number of halogens is 1. The summed E-state index contributed by atoms with van der Waals surface area (Å²) in [4.78, 5) is 14.0. The largest absolute Gasteiger partial charge is 0.469 e. The van der Waals surface area contributed by atoms with Gasteiger partial charge >= 0.3 is 5.97 Å². The summed E-state index contributed by atoms with van der Waals surface area (Å²) >= 11 is 0. The molecule has 5 nitrogen and oxygen atoms in total. The number of rotatable bonds is 4. The maximum atomic E-state index is 12.9. The molecule has 1 heterocycles. The Balaban J connectivity index is 1.50. The number of carbonyl (C=O) groups is 1. The van der Waals surface area contributed by atoms with Gasteiger partial charge in [-0.25, -0.2) is 4.39 Å². The highest BCUT2D eigenvalue weighted by molar-refractivity contribution is 5.72. The monoisotopic (exact) mass is 336 g/mol. The molecule has 2 N–H and O–H groups in total. The Morgan fingerprint density at radius 2 is 1.92 bits per heavy atom. The third-order valence-corrected chi connectivity index (χ3v) is 5.24. The number of anilines is 1. The molecule has 0 unspecified atom stereocenters. The number of aliphatic hydroxyl groups excluding tert-OH is 1. The van der Waals surface area contributed by atoms with Crippen molar-refractivity contribution >= 4 is 11.7 Å². The Labute approximate surface area is 141 Å². The topological polar surface area (TPSA) is 61.8 Å². The molecule has 3 rings (SSSR count). The maximum absolute atomic E-state index is 12.9. The van der Waals surface area contributed by atoms with Crippen LogP contribution < -0.4 is 5.32 Å². The SMILES string of the molecule is COC(=O)[C@@H]1C[C@H](O)[C@@H](N2CCC(Nc3ccc(F)cc3)CC2)C1. The molecule has 3 atom stereocenters. The van der Waals surface area contributed by atoms with E-state index in [1.165, 1.54) is 19.2 Å². The van der Waals surface area contributed by atoms with E-state index in [-0.39, 0.29) is 23.7 Å². The molecule has 1 aromatic carbocycles. The van der Waals surface area contributed by atoms with Crippen LogP contribution in [0.25, 0.3) is 0 Å². The number of ether oxygens (including phenoxy) is 1. The van der Waals surface area contributed by atoms with E-state index in [1.54, 1.807) is 12.1 Å². The van der Waals surface area contributed by atoms with E-state index in [1.807, 2.05) is 0 Å². The Kier molecular flexibility index (Phi) is 5.36. The second-order valence-corrected chi connectivity index (χ2v) is 6.79.